The van der Waals surface area contributed by atoms with Crippen LogP contribution in [-0.2, 0) is 24.2 Å². The molecule has 8 heteroatoms. The van der Waals surface area contributed by atoms with Gasteiger partial charge in [-0.1, -0.05) is 24.8 Å². The zero-order chi connectivity index (χ0) is 22.0. The van der Waals surface area contributed by atoms with E-state index < -0.39 is 0 Å². The fourth-order valence-electron chi connectivity index (χ4n) is 3.80. The Morgan fingerprint density at radius 3 is 2.94 bits per heavy atom. The first kappa shape index (κ1) is 21.8. The van der Waals surface area contributed by atoms with Crippen molar-refractivity contribution in [3.05, 3.63) is 63.5 Å². The Labute approximate surface area is 188 Å². The van der Waals surface area contributed by atoms with Crippen molar-refractivity contribution in [1.82, 2.24) is 9.55 Å². The highest BCUT2D eigenvalue weighted by Gasteiger charge is 2.24. The zero-order valence-corrected chi connectivity index (χ0v) is 19.0. The fourth-order valence-corrected chi connectivity index (χ4v) is 6.17. The Hall–Kier alpha value is -2.45. The predicted octanol–water partition coefficient (Wildman–Crippen LogP) is 5.03. The van der Waals surface area contributed by atoms with E-state index in [0.29, 0.717) is 29.1 Å². The molecular formula is C23H24FN3O2S2. The molecule has 2 heterocycles. The third kappa shape index (κ3) is 4.75. The maximum atomic E-state index is 13.3. The van der Waals surface area contributed by atoms with Gasteiger partial charge in [-0.05, 0) is 55.0 Å². The zero-order valence-electron chi connectivity index (χ0n) is 17.3. The number of aromatic nitrogens is 2. The summed E-state index contributed by atoms with van der Waals surface area (Å²) in [5.74, 6) is 0.590. The summed E-state index contributed by atoms with van der Waals surface area (Å²) in [6.07, 6.45) is 4.98. The predicted molar refractivity (Wildman–Crippen MR) is 126 cm³/mol. The van der Waals surface area contributed by atoms with Gasteiger partial charge >= 0.3 is 0 Å². The van der Waals surface area contributed by atoms with E-state index in [-0.39, 0.29) is 23.7 Å². The van der Waals surface area contributed by atoms with Gasteiger partial charge in [0.25, 0.3) is 5.56 Å². The summed E-state index contributed by atoms with van der Waals surface area (Å²) >= 11 is 3.02. The number of nitrogens with zero attached hydrogens (tertiary/aromatic N) is 2. The molecule has 0 aliphatic heterocycles. The van der Waals surface area contributed by atoms with Crippen molar-refractivity contribution < 1.29 is 9.18 Å². The molecule has 0 fully saturated rings. The molecule has 0 spiro atoms. The molecule has 5 nitrogen and oxygen atoms in total. The average molecular weight is 458 g/mol. The summed E-state index contributed by atoms with van der Waals surface area (Å²) in [7, 11) is 0. The number of rotatable bonds is 7. The molecule has 31 heavy (non-hydrogen) atoms. The van der Waals surface area contributed by atoms with Gasteiger partial charge in [-0.3, -0.25) is 14.2 Å². The molecule has 0 radical (unpaired) electrons. The maximum Gasteiger partial charge on any atom is 0.263 e. The monoisotopic (exact) mass is 457 g/mol. The van der Waals surface area contributed by atoms with Gasteiger partial charge < -0.3 is 5.32 Å². The molecule has 1 aliphatic carbocycles. The van der Waals surface area contributed by atoms with Crippen LogP contribution in [0.2, 0.25) is 0 Å². The Kier molecular flexibility index (Phi) is 6.57. The molecule has 0 saturated heterocycles. The van der Waals surface area contributed by atoms with Gasteiger partial charge in [0.2, 0.25) is 5.91 Å². The number of hydrogen-bond acceptors (Lipinski definition) is 5. The second-order valence-corrected chi connectivity index (χ2v) is 9.93. The molecule has 1 N–H and O–H groups in total. The lowest BCUT2D eigenvalue weighted by Crippen LogP contribution is -2.23. The second kappa shape index (κ2) is 9.36. The summed E-state index contributed by atoms with van der Waals surface area (Å²) in [5, 5.41) is 4.12. The van der Waals surface area contributed by atoms with Crippen LogP contribution in [0.3, 0.4) is 0 Å². The number of carbonyl (C=O) groups excluding carboxylic acids is 1. The first-order valence-electron chi connectivity index (χ1n) is 10.3. The number of halogens is 1. The van der Waals surface area contributed by atoms with E-state index in [1.54, 1.807) is 22.0 Å². The maximum absolute atomic E-state index is 13.3. The van der Waals surface area contributed by atoms with Crippen LogP contribution in [0.15, 0.2) is 46.9 Å². The van der Waals surface area contributed by atoms with Crippen LogP contribution in [0.4, 0.5) is 10.1 Å². The summed E-state index contributed by atoms with van der Waals surface area (Å²) < 4.78 is 14.7. The van der Waals surface area contributed by atoms with Gasteiger partial charge in [0.05, 0.1) is 5.39 Å². The topological polar surface area (TPSA) is 64.0 Å². The molecule has 3 aromatic rings. The normalized spacial score (nSPS) is 15.6. The van der Waals surface area contributed by atoms with Crippen LogP contribution >= 0.6 is 23.1 Å². The lowest BCUT2D eigenvalue weighted by atomic mass is 9.89. The number of benzene rings is 1. The Morgan fingerprint density at radius 1 is 1.42 bits per heavy atom. The smallest absolute Gasteiger partial charge is 0.263 e. The van der Waals surface area contributed by atoms with Crippen molar-refractivity contribution >= 4 is 44.9 Å². The van der Waals surface area contributed by atoms with Crippen LogP contribution in [0.25, 0.3) is 10.2 Å². The number of anilines is 1. The van der Waals surface area contributed by atoms with Crippen LogP contribution in [0.5, 0.6) is 0 Å². The first-order valence-corrected chi connectivity index (χ1v) is 12.1. The lowest BCUT2D eigenvalue weighted by Gasteiger charge is -2.17. The molecular weight excluding hydrogens is 433 g/mol. The van der Waals surface area contributed by atoms with Crippen LogP contribution in [0, 0.1) is 11.7 Å². The molecule has 0 saturated carbocycles. The summed E-state index contributed by atoms with van der Waals surface area (Å²) in [6.45, 7) is 6.41. The van der Waals surface area contributed by atoms with Gasteiger partial charge in [0.15, 0.2) is 5.16 Å². The SMILES string of the molecule is C=CCn1c(SCCC(=O)Nc2ccc(F)cc2)nc2sc3c(c2c1=O)CC[C@H](C)C3. The quantitative estimate of drug-likeness (QED) is 0.307. The fraction of sp³-hybridized carbons (Fsp3) is 0.348. The highest BCUT2D eigenvalue weighted by Crippen LogP contribution is 2.36. The van der Waals surface area contributed by atoms with E-state index in [9.17, 15) is 14.0 Å². The van der Waals surface area contributed by atoms with Crippen LogP contribution in [0.1, 0.15) is 30.2 Å². The van der Waals surface area contributed by atoms with E-state index in [1.807, 2.05) is 0 Å². The number of amides is 1. The van der Waals surface area contributed by atoms with Crippen molar-refractivity contribution in [2.24, 2.45) is 5.92 Å². The second-order valence-electron chi connectivity index (χ2n) is 7.78. The average Bonchev–Trinajstić information content (AvgIpc) is 3.09. The first-order chi connectivity index (χ1) is 15.0. The van der Waals surface area contributed by atoms with Crippen molar-refractivity contribution in [2.45, 2.75) is 44.3 Å². The number of thioether (sulfide) groups is 1. The third-order valence-corrected chi connectivity index (χ3v) is 7.51. The standard InChI is InChI=1S/C23H24FN3O2S2/c1-3-11-27-22(29)20-17-9-4-14(2)13-18(17)31-21(20)26-23(27)30-12-10-19(28)25-16-7-5-15(24)6-8-16/h3,5-8,14H,1,4,9-13H2,2H3,(H,25,28)/t14-/m0/s1. The van der Waals surface area contributed by atoms with E-state index in [4.69, 9.17) is 4.98 Å². The molecule has 0 unspecified atom stereocenters. The summed E-state index contributed by atoms with van der Waals surface area (Å²) in [4.78, 5) is 32.4. The minimum atomic E-state index is -0.347. The Balaban J connectivity index is 1.52. The lowest BCUT2D eigenvalue weighted by molar-refractivity contribution is -0.115. The number of hydrogen-bond donors (Lipinski definition) is 1. The van der Waals surface area contributed by atoms with Crippen molar-refractivity contribution in [3.8, 4) is 0 Å². The number of nitrogens with one attached hydrogen (secondary N) is 1. The molecule has 0 bridgehead atoms. The summed E-state index contributed by atoms with van der Waals surface area (Å²) in [5.41, 5.74) is 1.71. The minimum absolute atomic E-state index is 0.0183. The number of carbonyl (C=O) groups is 1. The molecule has 2 aromatic heterocycles. The Morgan fingerprint density at radius 2 is 2.19 bits per heavy atom. The Bertz CT molecular complexity index is 1180. The highest BCUT2D eigenvalue weighted by molar-refractivity contribution is 7.99. The van der Waals surface area contributed by atoms with Gasteiger partial charge in [-0.25, -0.2) is 9.37 Å². The molecule has 4 rings (SSSR count). The molecule has 1 aliphatic rings. The highest BCUT2D eigenvalue weighted by atomic mass is 32.2. The largest absolute Gasteiger partial charge is 0.326 e. The van der Waals surface area contributed by atoms with Crippen LogP contribution in [-0.4, -0.2) is 21.2 Å². The van der Waals surface area contributed by atoms with Gasteiger partial charge in [0, 0.05) is 29.3 Å². The van der Waals surface area contributed by atoms with E-state index in [2.05, 4.69) is 18.8 Å². The van der Waals surface area contributed by atoms with E-state index >= 15 is 0 Å². The molecule has 1 atom stereocenters. The molecule has 1 aromatic carbocycles. The molecule has 1 amide bonds. The van der Waals surface area contributed by atoms with Gasteiger partial charge in [-0.2, -0.15) is 0 Å². The van der Waals surface area contributed by atoms with E-state index in [1.165, 1.54) is 46.5 Å². The third-order valence-electron chi connectivity index (χ3n) is 5.38. The number of thiophene rings is 1. The van der Waals surface area contributed by atoms with E-state index in [0.717, 1.165) is 29.5 Å². The number of allylic oxidation sites excluding steroid dienone is 1. The van der Waals surface area contributed by atoms with Gasteiger partial charge in [-0.15, -0.1) is 17.9 Å². The van der Waals surface area contributed by atoms with Crippen molar-refractivity contribution in [2.75, 3.05) is 11.1 Å². The number of aryl methyl sites for hydroxylation is 1. The van der Waals surface area contributed by atoms with Crippen molar-refractivity contribution in [3.63, 3.8) is 0 Å². The minimum Gasteiger partial charge on any atom is -0.326 e. The van der Waals surface area contributed by atoms with Crippen LogP contribution < -0.4 is 10.9 Å². The molecule has 162 valence electrons. The number of fused-ring (bicyclic) bond motifs is 3. The summed E-state index contributed by atoms with van der Waals surface area (Å²) in [6, 6.07) is 5.66. The van der Waals surface area contributed by atoms with Crippen molar-refractivity contribution in [1.29, 1.82) is 0 Å². The van der Waals surface area contributed by atoms with Gasteiger partial charge in [0.1, 0.15) is 10.6 Å².